The lowest BCUT2D eigenvalue weighted by atomic mass is 10.0. The van der Waals surface area contributed by atoms with E-state index < -0.39 is 5.97 Å². The minimum absolute atomic E-state index is 0.314. The highest BCUT2D eigenvalue weighted by atomic mass is 16.4. The van der Waals surface area contributed by atoms with Gasteiger partial charge in [0.2, 0.25) is 0 Å². The summed E-state index contributed by atoms with van der Waals surface area (Å²) < 4.78 is 0.591. The Morgan fingerprint density at radius 3 is 1.31 bits per heavy atom. The molecule has 0 bridgehead atoms. The zero-order chi connectivity index (χ0) is 19.7. The van der Waals surface area contributed by atoms with Gasteiger partial charge in [0.15, 0.2) is 6.04 Å². The van der Waals surface area contributed by atoms with Crippen molar-refractivity contribution < 1.29 is 14.4 Å². The summed E-state index contributed by atoms with van der Waals surface area (Å²) in [4.78, 5) is 11.1. The summed E-state index contributed by atoms with van der Waals surface area (Å²) in [7, 11) is 4.06. The van der Waals surface area contributed by atoms with Crippen LogP contribution < -0.4 is 0 Å². The van der Waals surface area contributed by atoms with Crippen LogP contribution in [0.4, 0.5) is 0 Å². The van der Waals surface area contributed by atoms with Gasteiger partial charge in [0.25, 0.3) is 0 Å². The van der Waals surface area contributed by atoms with Crippen molar-refractivity contribution in [3.05, 3.63) is 0 Å². The number of likely N-dealkylation sites (N-methyl/N-ethyl adjacent to an activating group) is 1. The lowest BCUT2D eigenvalue weighted by Gasteiger charge is -2.33. The molecule has 3 heteroatoms. The van der Waals surface area contributed by atoms with Gasteiger partial charge < -0.3 is 9.59 Å². The number of rotatable bonds is 19. The molecule has 0 heterocycles. The monoisotopic (exact) mass is 370 g/mol. The molecule has 0 fully saturated rings. The summed E-state index contributed by atoms with van der Waals surface area (Å²) in [6.45, 7) is 5.06. The number of hydrogen-bond donors (Lipinski definition) is 1. The Morgan fingerprint density at radius 2 is 1.00 bits per heavy atom. The van der Waals surface area contributed by atoms with Gasteiger partial charge in [-0.15, -0.1) is 0 Å². The van der Waals surface area contributed by atoms with Gasteiger partial charge in [0.05, 0.1) is 20.6 Å². The van der Waals surface area contributed by atoms with Gasteiger partial charge in [-0.1, -0.05) is 96.8 Å². The molecule has 0 aromatic rings. The molecule has 26 heavy (non-hydrogen) atoms. The van der Waals surface area contributed by atoms with E-state index >= 15 is 0 Å². The summed E-state index contributed by atoms with van der Waals surface area (Å²) in [5.41, 5.74) is 0. The standard InChI is InChI=1S/C23H47NO2/c1-5-6-7-8-9-10-11-12-13-14-15-16-17-18-19-20-21-24(3,4)22(2)23(25)26/h22H,5-21H2,1-4H3/p+1. The predicted octanol–water partition coefficient (Wildman–Crippen LogP) is 6.80. The molecular formula is C23H48NO2+. The van der Waals surface area contributed by atoms with Gasteiger partial charge >= 0.3 is 5.97 Å². The van der Waals surface area contributed by atoms with Crippen molar-refractivity contribution in [3.63, 3.8) is 0 Å². The van der Waals surface area contributed by atoms with E-state index in [1.807, 2.05) is 21.0 Å². The van der Waals surface area contributed by atoms with E-state index in [1.165, 1.54) is 96.3 Å². The van der Waals surface area contributed by atoms with Crippen LogP contribution in [0.3, 0.4) is 0 Å². The summed E-state index contributed by atoms with van der Waals surface area (Å²) in [6, 6.07) is -0.314. The number of carboxylic acid groups (broad SMARTS) is 1. The van der Waals surface area contributed by atoms with Crippen LogP contribution in [0.5, 0.6) is 0 Å². The molecule has 0 saturated carbocycles. The molecule has 0 saturated heterocycles. The first-order valence-corrected chi connectivity index (χ1v) is 11.5. The molecule has 156 valence electrons. The quantitative estimate of drug-likeness (QED) is 0.200. The highest BCUT2D eigenvalue weighted by molar-refractivity contribution is 5.71. The number of quaternary nitrogens is 1. The second kappa shape index (κ2) is 16.6. The largest absolute Gasteiger partial charge is 0.477 e. The Bertz CT molecular complexity index is 328. The zero-order valence-corrected chi connectivity index (χ0v) is 18.4. The van der Waals surface area contributed by atoms with Gasteiger partial charge in [0, 0.05) is 0 Å². The Morgan fingerprint density at radius 1 is 0.692 bits per heavy atom. The Hall–Kier alpha value is -0.570. The van der Waals surface area contributed by atoms with Crippen LogP contribution in [-0.2, 0) is 4.79 Å². The molecule has 3 nitrogen and oxygen atoms in total. The number of carboxylic acids is 1. The minimum atomic E-state index is -0.688. The average molecular weight is 371 g/mol. The predicted molar refractivity (Wildman–Crippen MR) is 114 cm³/mol. The van der Waals surface area contributed by atoms with E-state index in [9.17, 15) is 4.79 Å². The summed E-state index contributed by atoms with van der Waals surface area (Å²) >= 11 is 0. The normalized spacial score (nSPS) is 13.1. The second-order valence-corrected chi connectivity index (χ2v) is 8.82. The van der Waals surface area contributed by atoms with Crippen LogP contribution in [-0.4, -0.2) is 42.2 Å². The average Bonchev–Trinajstić information content (AvgIpc) is 2.60. The van der Waals surface area contributed by atoms with Gasteiger partial charge in [-0.3, -0.25) is 0 Å². The third-order valence-electron chi connectivity index (χ3n) is 5.99. The van der Waals surface area contributed by atoms with Crippen LogP contribution in [0.1, 0.15) is 117 Å². The second-order valence-electron chi connectivity index (χ2n) is 8.82. The number of hydrogen-bond acceptors (Lipinski definition) is 1. The van der Waals surface area contributed by atoms with Crippen molar-refractivity contribution in [2.24, 2.45) is 0 Å². The van der Waals surface area contributed by atoms with Crippen molar-refractivity contribution >= 4 is 5.97 Å². The third-order valence-corrected chi connectivity index (χ3v) is 5.99. The van der Waals surface area contributed by atoms with Crippen molar-refractivity contribution in [1.29, 1.82) is 0 Å². The van der Waals surface area contributed by atoms with E-state index in [-0.39, 0.29) is 6.04 Å². The Kier molecular flexibility index (Phi) is 16.2. The molecule has 1 atom stereocenters. The fourth-order valence-corrected chi connectivity index (χ4v) is 3.56. The molecule has 0 spiro atoms. The first-order valence-electron chi connectivity index (χ1n) is 11.5. The summed E-state index contributed by atoms with van der Waals surface area (Å²) in [6.07, 6.45) is 22.0. The fourth-order valence-electron chi connectivity index (χ4n) is 3.56. The number of nitrogens with zero attached hydrogens (tertiary/aromatic N) is 1. The first kappa shape index (κ1) is 25.4. The molecule has 0 aliphatic carbocycles. The lowest BCUT2D eigenvalue weighted by molar-refractivity contribution is -0.904. The lowest BCUT2D eigenvalue weighted by Crippen LogP contribution is -2.51. The molecule has 0 aliphatic rings. The van der Waals surface area contributed by atoms with Crippen molar-refractivity contribution in [1.82, 2.24) is 0 Å². The highest BCUT2D eigenvalue weighted by Crippen LogP contribution is 2.15. The number of carbonyl (C=O) groups is 1. The van der Waals surface area contributed by atoms with Crippen LogP contribution in [0.2, 0.25) is 0 Å². The highest BCUT2D eigenvalue weighted by Gasteiger charge is 2.29. The van der Waals surface area contributed by atoms with Crippen LogP contribution in [0, 0.1) is 0 Å². The zero-order valence-electron chi connectivity index (χ0n) is 18.4. The molecule has 0 aromatic carbocycles. The van der Waals surface area contributed by atoms with E-state index in [0.29, 0.717) is 4.48 Å². The molecular weight excluding hydrogens is 322 g/mol. The summed E-state index contributed by atoms with van der Waals surface area (Å²) in [5.74, 6) is -0.688. The fraction of sp³-hybridized carbons (Fsp3) is 0.957. The summed E-state index contributed by atoms with van der Waals surface area (Å²) in [5, 5.41) is 9.14. The molecule has 0 rings (SSSR count). The molecule has 1 N–H and O–H groups in total. The Balaban J connectivity index is 3.28. The van der Waals surface area contributed by atoms with Gasteiger partial charge in [-0.05, 0) is 19.8 Å². The van der Waals surface area contributed by atoms with Crippen LogP contribution >= 0.6 is 0 Å². The minimum Gasteiger partial charge on any atom is -0.477 e. The van der Waals surface area contributed by atoms with Gasteiger partial charge in [-0.2, -0.15) is 0 Å². The van der Waals surface area contributed by atoms with E-state index in [2.05, 4.69) is 6.92 Å². The molecule has 0 radical (unpaired) electrons. The third kappa shape index (κ3) is 14.6. The first-order chi connectivity index (χ1) is 12.4. The maximum Gasteiger partial charge on any atom is 0.362 e. The molecule has 0 aromatic heterocycles. The number of aliphatic carboxylic acids is 1. The molecule has 0 aliphatic heterocycles. The van der Waals surface area contributed by atoms with E-state index in [4.69, 9.17) is 5.11 Å². The maximum absolute atomic E-state index is 11.1. The van der Waals surface area contributed by atoms with Crippen molar-refractivity contribution in [3.8, 4) is 0 Å². The van der Waals surface area contributed by atoms with E-state index in [0.717, 1.165) is 13.0 Å². The van der Waals surface area contributed by atoms with Crippen LogP contribution in [0.25, 0.3) is 0 Å². The van der Waals surface area contributed by atoms with Crippen molar-refractivity contribution in [2.75, 3.05) is 20.6 Å². The molecule has 0 amide bonds. The van der Waals surface area contributed by atoms with Gasteiger partial charge in [0.1, 0.15) is 0 Å². The van der Waals surface area contributed by atoms with Gasteiger partial charge in [-0.25, -0.2) is 4.79 Å². The van der Waals surface area contributed by atoms with Crippen LogP contribution in [0.15, 0.2) is 0 Å². The Labute approximate surface area is 164 Å². The SMILES string of the molecule is CCCCCCCCCCCCCCCCCC[N+](C)(C)C(C)C(=O)O. The maximum atomic E-state index is 11.1. The smallest absolute Gasteiger partial charge is 0.362 e. The number of unbranched alkanes of at least 4 members (excludes halogenated alkanes) is 15. The molecule has 1 unspecified atom stereocenters. The topological polar surface area (TPSA) is 37.3 Å². The van der Waals surface area contributed by atoms with Crippen molar-refractivity contribution in [2.45, 2.75) is 123 Å². The van der Waals surface area contributed by atoms with E-state index in [1.54, 1.807) is 0 Å².